The van der Waals surface area contributed by atoms with Gasteiger partial charge in [-0.15, -0.1) is 0 Å². The first kappa shape index (κ1) is 26.0. The monoisotopic (exact) mass is 529 g/mol. The molecule has 1 aromatic carbocycles. The predicted molar refractivity (Wildman–Crippen MR) is 129 cm³/mol. The molecule has 2 aromatic rings. The van der Waals surface area contributed by atoms with Gasteiger partial charge in [0.05, 0.1) is 15.6 Å². The molecule has 0 bridgehead atoms. The van der Waals surface area contributed by atoms with E-state index >= 15 is 0 Å². The number of nitrogens with zero attached hydrogens (tertiary/aromatic N) is 3. The number of hydrogen-bond donors (Lipinski definition) is 0. The highest BCUT2D eigenvalue weighted by atomic mass is 35.5. The Morgan fingerprint density at radius 1 is 1.11 bits per heavy atom. The van der Waals surface area contributed by atoms with Gasteiger partial charge in [0.1, 0.15) is 6.10 Å². The van der Waals surface area contributed by atoms with Gasteiger partial charge in [-0.05, 0) is 63.7 Å². The molecule has 2 aliphatic rings. The summed E-state index contributed by atoms with van der Waals surface area (Å²) in [6.45, 7) is 4.64. The van der Waals surface area contributed by atoms with Gasteiger partial charge in [0.25, 0.3) is 0 Å². The maximum atomic E-state index is 13.4. The van der Waals surface area contributed by atoms with Crippen LogP contribution in [0.25, 0.3) is 0 Å². The molecule has 0 saturated carbocycles. The van der Waals surface area contributed by atoms with E-state index in [-0.39, 0.29) is 29.5 Å². The van der Waals surface area contributed by atoms with Crippen molar-refractivity contribution >= 4 is 29.1 Å². The van der Waals surface area contributed by atoms with Crippen LogP contribution in [0.1, 0.15) is 36.8 Å². The highest BCUT2D eigenvalue weighted by Crippen LogP contribution is 2.39. The van der Waals surface area contributed by atoms with E-state index in [4.69, 9.17) is 27.9 Å². The van der Waals surface area contributed by atoms with Crippen LogP contribution in [-0.2, 0) is 11.0 Å². The minimum atomic E-state index is -4.46. The van der Waals surface area contributed by atoms with E-state index in [0.29, 0.717) is 23.1 Å². The van der Waals surface area contributed by atoms with Gasteiger partial charge < -0.3 is 14.5 Å². The zero-order valence-electron chi connectivity index (χ0n) is 19.6. The Kier molecular flexibility index (Phi) is 7.83. The summed E-state index contributed by atoms with van der Waals surface area (Å²) < 4.78 is 44.6. The third-order valence-electron chi connectivity index (χ3n) is 7.09. The van der Waals surface area contributed by atoms with E-state index in [1.807, 2.05) is 24.0 Å². The number of halogens is 5. The average molecular weight is 530 g/mol. The standard InChI is InChI=1S/C25H28Cl2F3N3O2/c1-15(35-23-6-4-18(12-31-23)25(28,29)30)19-13-33(24(34)16-7-9-32(2)10-8-16)14-20(19)17-3-5-21(26)22(27)11-17/h3-6,11-12,15-16,19-20H,7-10,13-14H2,1-2H3. The molecule has 1 amide bonds. The fourth-order valence-corrected chi connectivity index (χ4v) is 5.30. The third kappa shape index (κ3) is 6.04. The number of aromatic nitrogens is 1. The summed E-state index contributed by atoms with van der Waals surface area (Å²) in [5, 5.41) is 0.878. The van der Waals surface area contributed by atoms with Crippen molar-refractivity contribution < 1.29 is 22.7 Å². The second kappa shape index (κ2) is 10.5. The first-order valence-electron chi connectivity index (χ1n) is 11.6. The number of amides is 1. The van der Waals surface area contributed by atoms with E-state index < -0.39 is 17.8 Å². The molecule has 3 atom stereocenters. The van der Waals surface area contributed by atoms with Crippen LogP contribution in [0.15, 0.2) is 36.5 Å². The van der Waals surface area contributed by atoms with Crippen molar-refractivity contribution in [3.8, 4) is 5.88 Å². The first-order chi connectivity index (χ1) is 16.5. The Hall–Kier alpha value is -2.03. The van der Waals surface area contributed by atoms with Crippen molar-refractivity contribution in [2.75, 3.05) is 33.2 Å². The topological polar surface area (TPSA) is 45.7 Å². The molecule has 0 N–H and O–H groups in total. The number of likely N-dealkylation sites (tertiary alicyclic amines) is 2. The Morgan fingerprint density at radius 2 is 1.83 bits per heavy atom. The number of alkyl halides is 3. The van der Waals surface area contributed by atoms with Crippen molar-refractivity contribution in [3.05, 3.63) is 57.7 Å². The van der Waals surface area contributed by atoms with Crippen LogP contribution in [0.2, 0.25) is 10.0 Å². The van der Waals surface area contributed by atoms with Crippen molar-refractivity contribution in [3.63, 3.8) is 0 Å². The maximum Gasteiger partial charge on any atom is 0.417 e. The molecule has 0 spiro atoms. The van der Waals surface area contributed by atoms with E-state index in [9.17, 15) is 18.0 Å². The van der Waals surface area contributed by atoms with E-state index in [1.54, 1.807) is 6.07 Å². The molecule has 4 rings (SSSR count). The summed E-state index contributed by atoms with van der Waals surface area (Å²) >= 11 is 12.4. The molecule has 5 nitrogen and oxygen atoms in total. The van der Waals surface area contributed by atoms with E-state index in [2.05, 4.69) is 16.9 Å². The predicted octanol–water partition coefficient (Wildman–Crippen LogP) is 5.76. The van der Waals surface area contributed by atoms with Gasteiger partial charge in [-0.2, -0.15) is 13.2 Å². The molecule has 2 fully saturated rings. The summed E-state index contributed by atoms with van der Waals surface area (Å²) in [7, 11) is 2.06. The number of benzene rings is 1. The zero-order valence-corrected chi connectivity index (χ0v) is 21.1. The smallest absolute Gasteiger partial charge is 0.417 e. The van der Waals surface area contributed by atoms with Gasteiger partial charge in [-0.25, -0.2) is 4.98 Å². The van der Waals surface area contributed by atoms with Crippen LogP contribution < -0.4 is 4.74 Å². The molecule has 190 valence electrons. The molecule has 1 aromatic heterocycles. The van der Waals surface area contributed by atoms with Crippen LogP contribution >= 0.6 is 23.2 Å². The fraction of sp³-hybridized carbons (Fsp3) is 0.520. The van der Waals surface area contributed by atoms with E-state index in [0.717, 1.165) is 43.8 Å². The number of carbonyl (C=O) groups is 1. The first-order valence-corrected chi connectivity index (χ1v) is 12.4. The van der Waals surface area contributed by atoms with Crippen LogP contribution in [0.4, 0.5) is 13.2 Å². The minimum Gasteiger partial charge on any atom is -0.474 e. The molecule has 2 aliphatic heterocycles. The van der Waals surface area contributed by atoms with Gasteiger partial charge in [0, 0.05) is 43.1 Å². The lowest BCUT2D eigenvalue weighted by molar-refractivity contribution is -0.138. The highest BCUT2D eigenvalue weighted by Gasteiger charge is 2.42. The van der Waals surface area contributed by atoms with Gasteiger partial charge in [0.15, 0.2) is 0 Å². The Bertz CT molecular complexity index is 1040. The SMILES string of the molecule is CC(Oc1ccc(C(F)(F)F)cn1)C1CN(C(=O)C2CCN(C)CC2)CC1c1ccc(Cl)c(Cl)c1. The lowest BCUT2D eigenvalue weighted by atomic mass is 9.86. The normalized spacial score (nSPS) is 22.9. The molecule has 3 heterocycles. The van der Waals surface area contributed by atoms with Crippen molar-refractivity contribution in [2.45, 2.75) is 38.0 Å². The number of ether oxygens (including phenoxy) is 1. The number of hydrogen-bond acceptors (Lipinski definition) is 4. The molecule has 0 aliphatic carbocycles. The van der Waals surface area contributed by atoms with Crippen LogP contribution in [0, 0.1) is 11.8 Å². The van der Waals surface area contributed by atoms with Crippen molar-refractivity contribution in [1.29, 1.82) is 0 Å². The van der Waals surface area contributed by atoms with Crippen LogP contribution in [-0.4, -0.2) is 60.0 Å². The van der Waals surface area contributed by atoms with Crippen molar-refractivity contribution in [1.82, 2.24) is 14.8 Å². The average Bonchev–Trinajstić information content (AvgIpc) is 3.26. The highest BCUT2D eigenvalue weighted by molar-refractivity contribution is 6.42. The van der Waals surface area contributed by atoms with Crippen LogP contribution in [0.3, 0.4) is 0 Å². The second-order valence-corrected chi connectivity index (χ2v) is 10.3. The number of rotatable bonds is 5. The summed E-state index contributed by atoms with van der Waals surface area (Å²) in [6.07, 6.45) is -2.45. The third-order valence-corrected chi connectivity index (χ3v) is 7.83. The largest absolute Gasteiger partial charge is 0.474 e. The molecular formula is C25H28Cl2F3N3O2. The quantitative estimate of drug-likeness (QED) is 0.494. The lowest BCUT2D eigenvalue weighted by Gasteiger charge is -2.31. The number of carbonyl (C=O) groups excluding carboxylic acids is 1. The summed E-state index contributed by atoms with van der Waals surface area (Å²) in [5.74, 6) is 0.0761. The number of pyridine rings is 1. The molecule has 35 heavy (non-hydrogen) atoms. The zero-order chi connectivity index (χ0) is 25.3. The van der Waals surface area contributed by atoms with Gasteiger partial charge >= 0.3 is 6.18 Å². The Labute approximate surface area is 213 Å². The fourth-order valence-electron chi connectivity index (χ4n) is 4.99. The molecule has 2 saturated heterocycles. The Balaban J connectivity index is 1.54. The second-order valence-electron chi connectivity index (χ2n) is 9.47. The minimum absolute atomic E-state index is 0.00721. The van der Waals surface area contributed by atoms with Gasteiger partial charge in [-0.3, -0.25) is 4.79 Å². The van der Waals surface area contributed by atoms with Crippen molar-refractivity contribution in [2.24, 2.45) is 11.8 Å². The summed E-state index contributed by atoms with van der Waals surface area (Å²) in [4.78, 5) is 21.3. The molecule has 3 unspecified atom stereocenters. The van der Waals surface area contributed by atoms with Crippen LogP contribution in [0.5, 0.6) is 5.88 Å². The maximum absolute atomic E-state index is 13.4. The molecule has 0 radical (unpaired) electrons. The number of piperidine rings is 1. The molecule has 10 heteroatoms. The lowest BCUT2D eigenvalue weighted by Crippen LogP contribution is -2.41. The van der Waals surface area contributed by atoms with E-state index in [1.165, 1.54) is 6.07 Å². The van der Waals surface area contributed by atoms with Gasteiger partial charge in [0.2, 0.25) is 11.8 Å². The Morgan fingerprint density at radius 3 is 2.43 bits per heavy atom. The van der Waals surface area contributed by atoms with Gasteiger partial charge in [-0.1, -0.05) is 29.3 Å². The molecular weight excluding hydrogens is 502 g/mol. The summed E-state index contributed by atoms with van der Waals surface area (Å²) in [6, 6.07) is 7.63. The summed E-state index contributed by atoms with van der Waals surface area (Å²) in [5.41, 5.74) is 0.112.